The van der Waals surface area contributed by atoms with Crippen molar-refractivity contribution in [2.45, 2.75) is 46.0 Å². The molecule has 7 heteroatoms. The van der Waals surface area contributed by atoms with Crippen molar-refractivity contribution >= 4 is 17.7 Å². The lowest BCUT2D eigenvalue weighted by atomic mass is 9.97. The number of nitrogens with one attached hydrogen (secondary N) is 1. The van der Waals surface area contributed by atoms with Gasteiger partial charge in [-0.2, -0.15) is 0 Å². The number of nitrogens with zero attached hydrogens (tertiary/aromatic N) is 4. The lowest BCUT2D eigenvalue weighted by Gasteiger charge is -2.34. The van der Waals surface area contributed by atoms with Crippen LogP contribution in [0.1, 0.15) is 44.9 Å². The Morgan fingerprint density at radius 2 is 2.04 bits per heavy atom. The fraction of sp³-hybridized carbons (Fsp3) is 0.650. The zero-order chi connectivity index (χ0) is 19.1. The summed E-state index contributed by atoms with van der Waals surface area (Å²) < 4.78 is 5.08. The molecule has 1 fully saturated rings. The standard InChI is InChI=1S/C20H31N5O2/c1-3-27-20(26)25-13-11-24(12-14-25)19-15-18(22-16(2)23-19)21-10-9-17-7-5-4-6-8-17/h7,15H,3-6,8-14H2,1-2H3,(H,21,22,23). The van der Waals surface area contributed by atoms with Gasteiger partial charge in [0.2, 0.25) is 0 Å². The van der Waals surface area contributed by atoms with Crippen LogP contribution in [0.5, 0.6) is 0 Å². The summed E-state index contributed by atoms with van der Waals surface area (Å²) in [6, 6.07) is 2.02. The van der Waals surface area contributed by atoms with E-state index in [0.29, 0.717) is 19.7 Å². The number of allylic oxidation sites excluding steroid dienone is 1. The summed E-state index contributed by atoms with van der Waals surface area (Å²) in [5.41, 5.74) is 1.56. The summed E-state index contributed by atoms with van der Waals surface area (Å²) >= 11 is 0. The largest absolute Gasteiger partial charge is 0.450 e. The van der Waals surface area contributed by atoms with Crippen molar-refractivity contribution < 1.29 is 9.53 Å². The quantitative estimate of drug-likeness (QED) is 0.771. The smallest absolute Gasteiger partial charge is 0.409 e. The van der Waals surface area contributed by atoms with Gasteiger partial charge in [-0.15, -0.1) is 0 Å². The predicted octanol–water partition coefficient (Wildman–Crippen LogP) is 3.37. The van der Waals surface area contributed by atoms with Crippen molar-refractivity contribution in [2.24, 2.45) is 0 Å². The average Bonchev–Trinajstić information content (AvgIpc) is 2.69. The molecule has 0 radical (unpaired) electrons. The first-order valence-corrected chi connectivity index (χ1v) is 10.1. The van der Waals surface area contributed by atoms with E-state index in [2.05, 4.69) is 26.3 Å². The number of piperazine rings is 1. The number of aromatic nitrogens is 2. The van der Waals surface area contributed by atoms with E-state index in [9.17, 15) is 4.79 Å². The number of anilines is 2. The molecule has 148 valence electrons. The maximum Gasteiger partial charge on any atom is 0.409 e. The van der Waals surface area contributed by atoms with Gasteiger partial charge in [0, 0.05) is 38.8 Å². The van der Waals surface area contributed by atoms with Crippen LogP contribution in [0.3, 0.4) is 0 Å². The average molecular weight is 374 g/mol. The number of amides is 1. The molecule has 7 nitrogen and oxygen atoms in total. The van der Waals surface area contributed by atoms with Crippen LogP contribution in [0, 0.1) is 6.92 Å². The van der Waals surface area contributed by atoms with E-state index in [4.69, 9.17) is 4.74 Å². The highest BCUT2D eigenvalue weighted by molar-refractivity contribution is 5.68. The van der Waals surface area contributed by atoms with Gasteiger partial charge in [0.1, 0.15) is 17.5 Å². The molecule has 0 saturated carbocycles. The highest BCUT2D eigenvalue weighted by Gasteiger charge is 2.23. The molecule has 2 heterocycles. The summed E-state index contributed by atoms with van der Waals surface area (Å²) in [5.74, 6) is 2.56. The molecular formula is C20H31N5O2. The van der Waals surface area contributed by atoms with Crippen LogP contribution < -0.4 is 10.2 Å². The minimum absolute atomic E-state index is 0.226. The Bertz CT molecular complexity index is 668. The Labute approximate surface area is 161 Å². The van der Waals surface area contributed by atoms with E-state index < -0.39 is 0 Å². The number of aryl methyl sites for hydroxylation is 1. The predicted molar refractivity (Wildman–Crippen MR) is 107 cm³/mol. The summed E-state index contributed by atoms with van der Waals surface area (Å²) in [5, 5.41) is 3.45. The van der Waals surface area contributed by atoms with Gasteiger partial charge in [-0.05, 0) is 46.0 Å². The minimum atomic E-state index is -0.226. The van der Waals surface area contributed by atoms with E-state index in [-0.39, 0.29) is 6.09 Å². The van der Waals surface area contributed by atoms with Gasteiger partial charge in [0.25, 0.3) is 0 Å². The maximum absolute atomic E-state index is 11.8. The van der Waals surface area contributed by atoms with Crippen molar-refractivity contribution in [3.05, 3.63) is 23.5 Å². The second-order valence-electron chi connectivity index (χ2n) is 7.12. The fourth-order valence-corrected chi connectivity index (χ4v) is 3.62. The molecule has 0 unspecified atom stereocenters. The Morgan fingerprint density at radius 1 is 1.22 bits per heavy atom. The Kier molecular flexibility index (Phi) is 6.90. The molecule has 0 atom stereocenters. The van der Waals surface area contributed by atoms with Crippen molar-refractivity contribution in [2.75, 3.05) is 49.5 Å². The monoisotopic (exact) mass is 373 g/mol. The minimum Gasteiger partial charge on any atom is -0.450 e. The molecule has 0 aromatic carbocycles. The lowest BCUT2D eigenvalue weighted by molar-refractivity contribution is 0.105. The summed E-state index contributed by atoms with van der Waals surface area (Å²) in [6.45, 7) is 7.87. The summed E-state index contributed by atoms with van der Waals surface area (Å²) in [6.07, 6.45) is 8.36. The molecule has 0 spiro atoms. The highest BCUT2D eigenvalue weighted by atomic mass is 16.6. The SMILES string of the molecule is CCOC(=O)N1CCN(c2cc(NCCC3=CCCCC3)nc(C)n2)CC1. The van der Waals surface area contributed by atoms with E-state index >= 15 is 0 Å². The molecular weight excluding hydrogens is 342 g/mol. The van der Waals surface area contributed by atoms with Crippen LogP contribution in [0.15, 0.2) is 17.7 Å². The van der Waals surface area contributed by atoms with Gasteiger partial charge in [0.15, 0.2) is 0 Å². The molecule has 1 aromatic rings. The normalized spacial score (nSPS) is 17.5. The lowest BCUT2D eigenvalue weighted by Crippen LogP contribution is -2.49. The molecule has 2 aliphatic rings. The second kappa shape index (κ2) is 9.58. The second-order valence-corrected chi connectivity index (χ2v) is 7.12. The third kappa shape index (κ3) is 5.58. The third-order valence-electron chi connectivity index (χ3n) is 5.09. The molecule has 1 saturated heterocycles. The maximum atomic E-state index is 11.8. The highest BCUT2D eigenvalue weighted by Crippen LogP contribution is 2.21. The van der Waals surface area contributed by atoms with Crippen molar-refractivity contribution in [1.29, 1.82) is 0 Å². The number of carbonyl (C=O) groups is 1. The molecule has 1 aromatic heterocycles. The zero-order valence-electron chi connectivity index (χ0n) is 16.5. The van der Waals surface area contributed by atoms with Crippen LogP contribution in [0.4, 0.5) is 16.4 Å². The Balaban J connectivity index is 1.54. The summed E-state index contributed by atoms with van der Waals surface area (Å²) in [7, 11) is 0. The number of ether oxygens (including phenoxy) is 1. The Hall–Kier alpha value is -2.31. The number of carbonyl (C=O) groups excluding carboxylic acids is 1. The van der Waals surface area contributed by atoms with Crippen LogP contribution in [0.25, 0.3) is 0 Å². The zero-order valence-corrected chi connectivity index (χ0v) is 16.5. The first-order chi connectivity index (χ1) is 13.2. The van der Waals surface area contributed by atoms with Crippen LogP contribution in [-0.2, 0) is 4.74 Å². The van der Waals surface area contributed by atoms with E-state index in [1.807, 2.05) is 19.9 Å². The number of rotatable bonds is 6. The van der Waals surface area contributed by atoms with Gasteiger partial charge in [0.05, 0.1) is 6.61 Å². The van der Waals surface area contributed by atoms with E-state index in [0.717, 1.165) is 43.5 Å². The molecule has 1 aliphatic carbocycles. The first-order valence-electron chi connectivity index (χ1n) is 10.1. The molecule has 3 rings (SSSR count). The van der Waals surface area contributed by atoms with Crippen LogP contribution >= 0.6 is 0 Å². The molecule has 1 N–H and O–H groups in total. The van der Waals surface area contributed by atoms with Crippen LogP contribution in [-0.4, -0.2) is 60.3 Å². The van der Waals surface area contributed by atoms with E-state index in [1.54, 1.807) is 10.5 Å². The van der Waals surface area contributed by atoms with Gasteiger partial charge in [-0.25, -0.2) is 14.8 Å². The van der Waals surface area contributed by atoms with Crippen molar-refractivity contribution in [3.63, 3.8) is 0 Å². The van der Waals surface area contributed by atoms with Crippen molar-refractivity contribution in [1.82, 2.24) is 14.9 Å². The molecule has 1 aliphatic heterocycles. The Morgan fingerprint density at radius 3 is 2.74 bits per heavy atom. The number of hydrogen-bond donors (Lipinski definition) is 1. The molecule has 27 heavy (non-hydrogen) atoms. The first kappa shape index (κ1) is 19.5. The number of hydrogen-bond acceptors (Lipinski definition) is 6. The molecule has 1 amide bonds. The van der Waals surface area contributed by atoms with Gasteiger partial charge < -0.3 is 19.9 Å². The topological polar surface area (TPSA) is 70.6 Å². The van der Waals surface area contributed by atoms with E-state index in [1.165, 1.54) is 25.7 Å². The molecule has 0 bridgehead atoms. The third-order valence-corrected chi connectivity index (χ3v) is 5.09. The van der Waals surface area contributed by atoms with Crippen LogP contribution in [0.2, 0.25) is 0 Å². The summed E-state index contributed by atoms with van der Waals surface area (Å²) in [4.78, 5) is 24.9. The van der Waals surface area contributed by atoms with Gasteiger partial charge >= 0.3 is 6.09 Å². The fourth-order valence-electron chi connectivity index (χ4n) is 3.62. The van der Waals surface area contributed by atoms with Gasteiger partial charge in [-0.3, -0.25) is 0 Å². The van der Waals surface area contributed by atoms with Crippen molar-refractivity contribution in [3.8, 4) is 0 Å². The van der Waals surface area contributed by atoms with Gasteiger partial charge in [-0.1, -0.05) is 11.6 Å².